The molecule has 72 heavy (non-hydrogen) atoms. The topological polar surface area (TPSA) is 216 Å². The van der Waals surface area contributed by atoms with Crippen molar-refractivity contribution in [3.63, 3.8) is 0 Å². The van der Waals surface area contributed by atoms with Gasteiger partial charge in [0.05, 0.1) is 53.8 Å². The molecule has 18 atom stereocenters. The molecule has 0 bridgehead atoms. The van der Waals surface area contributed by atoms with Crippen molar-refractivity contribution in [1.29, 1.82) is 0 Å². The van der Waals surface area contributed by atoms with E-state index in [-0.39, 0.29) is 37.3 Å². The fourth-order valence-electron chi connectivity index (χ4n) is 11.7. The van der Waals surface area contributed by atoms with Crippen molar-refractivity contribution >= 4 is 28.5 Å². The molecule has 18 nitrogen and oxygen atoms in total. The number of carbonyl (C=O) groups excluding carboxylic acids is 1. The first-order valence-corrected chi connectivity index (χ1v) is 26.6. The second-order valence-corrected chi connectivity index (χ2v) is 22.8. The van der Waals surface area contributed by atoms with Gasteiger partial charge in [0.15, 0.2) is 12.6 Å². The van der Waals surface area contributed by atoms with E-state index in [1.165, 1.54) is 14.0 Å². The Morgan fingerprint density at radius 1 is 0.931 bits per heavy atom. The average Bonchev–Trinajstić information content (AvgIpc) is 3.96. The molecule has 1 aromatic carbocycles. The highest BCUT2D eigenvalue weighted by Crippen LogP contribution is 2.40. The molecule has 5 N–H and O–H groups in total. The van der Waals surface area contributed by atoms with E-state index in [4.69, 9.17) is 40.0 Å². The first kappa shape index (κ1) is 58.4. The molecule has 0 spiro atoms. The molecule has 0 saturated carbocycles. The summed E-state index contributed by atoms with van der Waals surface area (Å²) in [6.07, 6.45) is -2.53. The minimum atomic E-state index is -1.88. The van der Waals surface area contributed by atoms with Gasteiger partial charge in [-0.25, -0.2) is 0 Å². The summed E-state index contributed by atoms with van der Waals surface area (Å²) in [4.78, 5) is 18.7. The monoisotopic (exact) mass is 1030 g/mol. The van der Waals surface area contributed by atoms with E-state index in [0.717, 1.165) is 36.0 Å². The number of cyclic esters (lactones) is 1. The fraction of sp³-hybridized carbons (Fsp3) is 0.792. The molecule has 3 fully saturated rings. The number of fused-ring (bicyclic) bond motifs is 1. The summed E-state index contributed by atoms with van der Waals surface area (Å²) in [6.45, 7) is 20.1. The van der Waals surface area contributed by atoms with Crippen LogP contribution in [0.15, 0.2) is 36.7 Å². The molecule has 5 heterocycles. The number of nitrogens with zero attached hydrogens (tertiary/aromatic N) is 6. The van der Waals surface area contributed by atoms with Crippen molar-refractivity contribution < 1.29 is 58.7 Å². The van der Waals surface area contributed by atoms with Gasteiger partial charge in [0.2, 0.25) is 0 Å². The molecule has 3 aliphatic heterocycles. The van der Waals surface area contributed by atoms with Crippen molar-refractivity contribution in [3.8, 4) is 0 Å². The number of aryl methyl sites for hydroxylation is 3. The van der Waals surface area contributed by atoms with Crippen molar-refractivity contribution in [2.24, 2.45) is 17.8 Å². The Balaban J connectivity index is 1.26. The first-order chi connectivity index (χ1) is 33.8. The highest BCUT2D eigenvalue weighted by atomic mass is 35.5. The highest BCUT2D eigenvalue weighted by molar-refractivity contribution is 6.31. The average molecular weight is 1040 g/mol. The molecule has 408 valence electrons. The Hall–Kier alpha value is -2.82. The second-order valence-electron chi connectivity index (χ2n) is 22.4. The molecule has 6 rings (SSSR count). The molecule has 0 radical (unpaired) electrons. The van der Waals surface area contributed by atoms with E-state index in [9.17, 15) is 30.3 Å². The van der Waals surface area contributed by atoms with Crippen molar-refractivity contribution in [2.75, 3.05) is 34.3 Å². The summed E-state index contributed by atoms with van der Waals surface area (Å²) >= 11 is 6.20. The maximum atomic E-state index is 14.6. The summed E-state index contributed by atoms with van der Waals surface area (Å²) in [5.74, 6) is -2.76. The molecule has 0 amide bonds. The summed E-state index contributed by atoms with van der Waals surface area (Å²) in [5, 5.41) is 70.9. The van der Waals surface area contributed by atoms with Crippen LogP contribution in [0.5, 0.6) is 0 Å². The minimum absolute atomic E-state index is 0.112. The van der Waals surface area contributed by atoms with Crippen LogP contribution in [0.4, 0.5) is 0 Å². The third kappa shape index (κ3) is 13.6. The maximum Gasteiger partial charge on any atom is 0.311 e. The molecular weight excluding hydrogens is 948 g/mol. The number of likely N-dealkylation sites (N-methyl/N-ethyl adjacent to an activating group) is 1. The third-order valence-electron chi connectivity index (χ3n) is 16.1. The number of ether oxygens (including phenoxy) is 6. The molecule has 3 saturated heterocycles. The summed E-state index contributed by atoms with van der Waals surface area (Å²) in [6, 6.07) is 7.00. The predicted molar refractivity (Wildman–Crippen MR) is 273 cm³/mol. The van der Waals surface area contributed by atoms with Crippen LogP contribution in [0.3, 0.4) is 0 Å². The van der Waals surface area contributed by atoms with Gasteiger partial charge in [0.1, 0.15) is 30.0 Å². The van der Waals surface area contributed by atoms with Gasteiger partial charge in [-0.1, -0.05) is 37.6 Å². The van der Waals surface area contributed by atoms with E-state index in [0.29, 0.717) is 37.5 Å². The molecule has 19 heteroatoms. The molecular formula is C53H87ClN6O12. The van der Waals surface area contributed by atoms with E-state index in [1.54, 1.807) is 34.6 Å². The van der Waals surface area contributed by atoms with E-state index >= 15 is 0 Å². The highest BCUT2D eigenvalue weighted by Gasteiger charge is 2.53. The second kappa shape index (κ2) is 24.5. The lowest BCUT2D eigenvalue weighted by molar-refractivity contribution is -0.318. The molecule has 2 aromatic heterocycles. The third-order valence-corrected chi connectivity index (χ3v) is 16.3. The largest absolute Gasteiger partial charge is 0.459 e. The molecule has 3 aromatic rings. The van der Waals surface area contributed by atoms with Crippen LogP contribution in [0.2, 0.25) is 5.02 Å². The van der Waals surface area contributed by atoms with E-state index in [2.05, 4.69) is 25.8 Å². The standard InChI is InChI=1S/C53H87ClN6O12/c1-14-42-53(10,66)46(62)35(6)59(21-16-15-17-39-30-60(56-55-39)24-23-58-22-20-37-26-38(54)18-19-40(37)58)29-31(2)27-51(8,65)48(72-50-44(61)41(57(11)12)25-32(3)68-50)33(4)45(34(5)49(64)70-42)71-43-28-52(9,67-13)47(63)36(7)69-43/h18-20,22,26,30-36,41-48,50,61-63,65-66H,14-17,21,23-25,27-29H2,1-13H3/t31-,32-,33+,34-,35-,36+,41+,42-,43+,44-,45+,46-,47+,48-,50+,51-,52-,53-/m1/s1. The predicted octanol–water partition coefficient (Wildman–Crippen LogP) is 5.19. The lowest BCUT2D eigenvalue weighted by Crippen LogP contribution is -2.60. The van der Waals surface area contributed by atoms with Crippen LogP contribution in [0.1, 0.15) is 113 Å². The Kier molecular flexibility index (Phi) is 19.8. The Bertz CT molecular complexity index is 2190. The maximum absolute atomic E-state index is 14.6. The Labute approximate surface area is 432 Å². The van der Waals surface area contributed by atoms with Gasteiger partial charge in [-0.2, -0.15) is 0 Å². The number of carbonyl (C=O) groups is 1. The van der Waals surface area contributed by atoms with Gasteiger partial charge in [-0.05, 0) is 138 Å². The van der Waals surface area contributed by atoms with Crippen molar-refractivity contribution in [3.05, 3.63) is 47.4 Å². The number of benzene rings is 1. The number of aliphatic hydroxyl groups excluding tert-OH is 3. The number of methoxy groups -OCH3 is 1. The zero-order valence-electron chi connectivity index (χ0n) is 45.1. The quantitative estimate of drug-likeness (QED) is 0.0978. The van der Waals surface area contributed by atoms with Crippen LogP contribution >= 0.6 is 11.6 Å². The number of esters is 1. The zero-order valence-corrected chi connectivity index (χ0v) is 45.8. The molecule has 0 unspecified atom stereocenters. The SMILES string of the molecule is CC[C@H]1OC(=O)[C@H](C)[C@@H](O[C@H]2C[C@@](C)(OC)[C@@H](O)[C@H](C)O2)[C@H](C)[C@@H](O[C@@H]2O[C@H](C)C[C@H](N(C)C)[C@H]2O)[C@](C)(O)C[C@@H](C)CN(CCCCc2cn(CCn3ccc4cc(Cl)ccc43)nn2)[C@H](C)[C@@H](O)[C@]1(C)O. The fourth-order valence-corrected chi connectivity index (χ4v) is 11.8. The van der Waals surface area contributed by atoms with Crippen molar-refractivity contribution in [1.82, 2.24) is 29.4 Å². The number of aromatic nitrogens is 4. The number of rotatable bonds is 15. The van der Waals surface area contributed by atoms with Gasteiger partial charge in [-0.3, -0.25) is 14.4 Å². The number of aliphatic hydroxyl groups is 5. The van der Waals surface area contributed by atoms with Crippen LogP contribution < -0.4 is 0 Å². The van der Waals surface area contributed by atoms with Gasteiger partial charge in [-0.15, -0.1) is 5.10 Å². The van der Waals surface area contributed by atoms with Crippen molar-refractivity contribution in [2.45, 2.75) is 218 Å². The van der Waals surface area contributed by atoms with Crippen LogP contribution in [-0.4, -0.2) is 185 Å². The zero-order chi connectivity index (χ0) is 53.0. The first-order valence-electron chi connectivity index (χ1n) is 26.2. The lowest BCUT2D eigenvalue weighted by Gasteiger charge is -2.48. The summed E-state index contributed by atoms with van der Waals surface area (Å²) in [5.41, 5.74) is -2.59. The van der Waals surface area contributed by atoms with Crippen LogP contribution in [-0.2, 0) is 52.7 Å². The van der Waals surface area contributed by atoms with Gasteiger partial charge in [0.25, 0.3) is 0 Å². The molecule has 0 aliphatic carbocycles. The number of halogens is 1. The number of unbranched alkanes of at least 4 members (excludes halogenated alkanes) is 1. The van der Waals surface area contributed by atoms with Crippen LogP contribution in [0.25, 0.3) is 10.9 Å². The van der Waals surface area contributed by atoms with Gasteiger partial charge < -0.3 is 63.4 Å². The van der Waals surface area contributed by atoms with E-state index < -0.39 is 96.0 Å². The normalized spacial score (nSPS) is 39.2. The smallest absolute Gasteiger partial charge is 0.311 e. The number of hydrogen-bond donors (Lipinski definition) is 5. The van der Waals surface area contributed by atoms with Crippen LogP contribution in [0, 0.1) is 17.8 Å². The summed E-state index contributed by atoms with van der Waals surface area (Å²) < 4.78 is 42.3. The molecule has 3 aliphatic rings. The van der Waals surface area contributed by atoms with Gasteiger partial charge in [0, 0.05) is 72.9 Å². The van der Waals surface area contributed by atoms with E-state index in [1.807, 2.05) is 82.0 Å². The summed E-state index contributed by atoms with van der Waals surface area (Å²) in [7, 11) is 5.29. The number of hydrogen-bond acceptors (Lipinski definition) is 16. The Morgan fingerprint density at radius 2 is 1.65 bits per heavy atom. The lowest BCUT2D eigenvalue weighted by atomic mass is 9.77. The minimum Gasteiger partial charge on any atom is -0.459 e. The van der Waals surface area contributed by atoms with Gasteiger partial charge >= 0.3 is 5.97 Å². The Morgan fingerprint density at radius 3 is 2.33 bits per heavy atom.